The Hall–Kier alpha value is -3.63. The second-order valence-electron chi connectivity index (χ2n) is 7.50. The molecule has 0 radical (unpaired) electrons. The fraction of sp³-hybridized carbons (Fsp3) is 0.167. The zero-order valence-electron chi connectivity index (χ0n) is 16.9. The highest BCUT2D eigenvalue weighted by atomic mass is 32.2. The fourth-order valence-corrected chi connectivity index (χ4v) is 5.53. The molecule has 0 saturated heterocycles. The van der Waals surface area contributed by atoms with E-state index in [0.717, 1.165) is 11.1 Å². The van der Waals surface area contributed by atoms with Gasteiger partial charge in [-0.25, -0.2) is 8.42 Å². The van der Waals surface area contributed by atoms with Crippen molar-refractivity contribution < 1.29 is 13.2 Å². The van der Waals surface area contributed by atoms with Gasteiger partial charge in [-0.2, -0.15) is 5.26 Å². The van der Waals surface area contributed by atoms with Gasteiger partial charge in [-0.3, -0.25) is 9.10 Å². The molecule has 1 amide bonds. The lowest BCUT2D eigenvalue weighted by Gasteiger charge is -2.24. The van der Waals surface area contributed by atoms with Gasteiger partial charge in [-0.05, 0) is 66.9 Å². The minimum Gasteiger partial charge on any atom is -0.322 e. The number of fused-ring (bicyclic) bond motifs is 1. The van der Waals surface area contributed by atoms with Gasteiger partial charge in [-0.1, -0.05) is 30.3 Å². The van der Waals surface area contributed by atoms with Gasteiger partial charge in [0.25, 0.3) is 15.9 Å². The molecule has 0 bridgehead atoms. The highest BCUT2D eigenvalue weighted by Crippen LogP contribution is 2.37. The zero-order valence-corrected chi connectivity index (χ0v) is 17.8. The number of carbonyl (C=O) groups excluding carboxylic acids is 1. The van der Waals surface area contributed by atoms with Crippen molar-refractivity contribution in [1.29, 1.82) is 5.26 Å². The van der Waals surface area contributed by atoms with Gasteiger partial charge >= 0.3 is 0 Å². The van der Waals surface area contributed by atoms with E-state index in [1.54, 1.807) is 72.8 Å². The Morgan fingerprint density at radius 1 is 1.10 bits per heavy atom. The van der Waals surface area contributed by atoms with Crippen LogP contribution in [0.15, 0.2) is 77.7 Å². The van der Waals surface area contributed by atoms with Gasteiger partial charge in [-0.15, -0.1) is 0 Å². The summed E-state index contributed by atoms with van der Waals surface area (Å²) in [7, 11) is -3.68. The molecule has 1 aliphatic rings. The third kappa shape index (κ3) is 4.03. The van der Waals surface area contributed by atoms with Crippen LogP contribution in [0.2, 0.25) is 0 Å². The van der Waals surface area contributed by atoms with Crippen molar-refractivity contribution in [2.75, 3.05) is 9.62 Å². The van der Waals surface area contributed by atoms with E-state index in [1.807, 2.05) is 6.92 Å². The Morgan fingerprint density at radius 2 is 1.81 bits per heavy atom. The van der Waals surface area contributed by atoms with E-state index in [9.17, 15) is 13.2 Å². The van der Waals surface area contributed by atoms with Crippen molar-refractivity contribution in [1.82, 2.24) is 0 Å². The van der Waals surface area contributed by atoms with Gasteiger partial charge in [0, 0.05) is 17.3 Å². The maximum atomic E-state index is 13.2. The number of hydrogen-bond acceptors (Lipinski definition) is 4. The highest BCUT2D eigenvalue weighted by Gasteiger charge is 2.36. The third-order valence-electron chi connectivity index (χ3n) is 5.29. The molecule has 156 valence electrons. The Bertz CT molecular complexity index is 1260. The number of nitriles is 1. The molecule has 0 fully saturated rings. The summed E-state index contributed by atoms with van der Waals surface area (Å²) in [6.07, 6.45) is 0.852. The molecule has 0 unspecified atom stereocenters. The molecule has 31 heavy (non-hydrogen) atoms. The predicted octanol–water partition coefficient (Wildman–Crippen LogP) is 4.14. The van der Waals surface area contributed by atoms with Crippen molar-refractivity contribution in [3.8, 4) is 6.07 Å². The molecule has 0 aromatic heterocycles. The summed E-state index contributed by atoms with van der Waals surface area (Å²) in [4.78, 5) is 13.0. The monoisotopic (exact) mass is 431 g/mol. The van der Waals surface area contributed by atoms with E-state index < -0.39 is 10.0 Å². The molecule has 4 rings (SSSR count). The SMILES string of the molecule is C[C@@H]1Cc2cc(C(=O)Nc3ccc(CC#N)cc3)ccc2N1S(=O)(=O)c1ccccc1. The number of nitrogens with one attached hydrogen (secondary N) is 1. The minimum atomic E-state index is -3.68. The molecule has 1 aliphatic heterocycles. The van der Waals surface area contributed by atoms with Crippen LogP contribution in [-0.2, 0) is 22.9 Å². The summed E-state index contributed by atoms with van der Waals surface area (Å²) in [5.41, 5.74) is 3.41. The van der Waals surface area contributed by atoms with Crippen molar-refractivity contribution in [3.63, 3.8) is 0 Å². The molecular weight excluding hydrogens is 410 g/mol. The first-order chi connectivity index (χ1) is 14.9. The van der Waals surface area contributed by atoms with Crippen molar-refractivity contribution >= 4 is 27.3 Å². The number of rotatable bonds is 5. The molecule has 0 aliphatic carbocycles. The van der Waals surface area contributed by atoms with Gasteiger partial charge < -0.3 is 5.32 Å². The van der Waals surface area contributed by atoms with E-state index in [4.69, 9.17) is 5.26 Å². The van der Waals surface area contributed by atoms with Crippen LogP contribution < -0.4 is 9.62 Å². The van der Waals surface area contributed by atoms with Crippen LogP contribution in [0, 0.1) is 11.3 Å². The summed E-state index contributed by atoms with van der Waals surface area (Å²) in [6.45, 7) is 1.86. The average molecular weight is 432 g/mol. The Labute approximate surface area is 181 Å². The fourth-order valence-electron chi connectivity index (χ4n) is 3.82. The first kappa shape index (κ1) is 20.6. The summed E-state index contributed by atoms with van der Waals surface area (Å²) in [6, 6.07) is 22.4. The summed E-state index contributed by atoms with van der Waals surface area (Å²) in [5, 5.41) is 11.6. The molecule has 7 heteroatoms. The molecular formula is C24H21N3O3S. The smallest absolute Gasteiger partial charge is 0.264 e. The average Bonchev–Trinajstić information content (AvgIpc) is 3.11. The summed E-state index contributed by atoms with van der Waals surface area (Å²) < 4.78 is 27.8. The van der Waals surface area contributed by atoms with Crippen LogP contribution in [0.1, 0.15) is 28.4 Å². The molecule has 6 nitrogen and oxygen atoms in total. The van der Waals surface area contributed by atoms with Crippen LogP contribution in [-0.4, -0.2) is 20.4 Å². The highest BCUT2D eigenvalue weighted by molar-refractivity contribution is 7.92. The first-order valence-electron chi connectivity index (χ1n) is 9.90. The molecule has 0 spiro atoms. The maximum absolute atomic E-state index is 13.2. The molecule has 0 saturated carbocycles. The quantitative estimate of drug-likeness (QED) is 0.657. The topological polar surface area (TPSA) is 90.3 Å². The standard InChI is InChI=1S/C24H21N3O3S/c1-17-15-20-16-19(24(28)26-21-10-7-18(8-11-21)13-14-25)9-12-23(20)27(17)31(29,30)22-5-3-2-4-6-22/h2-12,16-17H,13,15H2,1H3,(H,26,28)/t17-/m1/s1. The second-order valence-corrected chi connectivity index (χ2v) is 9.31. The Balaban J connectivity index is 1.57. The van der Waals surface area contributed by atoms with Gasteiger partial charge in [0.1, 0.15) is 0 Å². The van der Waals surface area contributed by atoms with Crippen molar-refractivity contribution in [3.05, 3.63) is 89.5 Å². The van der Waals surface area contributed by atoms with E-state index in [-0.39, 0.29) is 16.8 Å². The van der Waals surface area contributed by atoms with Gasteiger partial charge in [0.2, 0.25) is 0 Å². The Kier molecular flexibility index (Phi) is 5.49. The lowest BCUT2D eigenvalue weighted by molar-refractivity contribution is 0.102. The normalized spacial score (nSPS) is 15.2. The number of sulfonamides is 1. The molecule has 1 atom stereocenters. The third-order valence-corrected chi connectivity index (χ3v) is 7.23. The second kappa shape index (κ2) is 8.25. The summed E-state index contributed by atoms with van der Waals surface area (Å²) >= 11 is 0. The van der Waals surface area contributed by atoms with Gasteiger partial charge in [0.05, 0.1) is 23.1 Å². The largest absolute Gasteiger partial charge is 0.322 e. The van der Waals surface area contributed by atoms with E-state index >= 15 is 0 Å². The van der Waals surface area contributed by atoms with Crippen LogP contribution in [0.3, 0.4) is 0 Å². The lowest BCUT2D eigenvalue weighted by Crippen LogP contribution is -2.35. The first-order valence-corrected chi connectivity index (χ1v) is 11.3. The van der Waals surface area contributed by atoms with E-state index in [1.165, 1.54) is 4.31 Å². The van der Waals surface area contributed by atoms with E-state index in [2.05, 4.69) is 11.4 Å². The number of benzene rings is 3. The van der Waals surface area contributed by atoms with Crippen LogP contribution >= 0.6 is 0 Å². The molecule has 3 aromatic carbocycles. The maximum Gasteiger partial charge on any atom is 0.264 e. The molecule has 1 N–H and O–H groups in total. The van der Waals surface area contributed by atoms with Gasteiger partial charge in [0.15, 0.2) is 0 Å². The molecule has 3 aromatic rings. The number of carbonyl (C=O) groups is 1. The minimum absolute atomic E-state index is 0.244. The lowest BCUT2D eigenvalue weighted by atomic mass is 10.1. The molecule has 1 heterocycles. The van der Waals surface area contributed by atoms with E-state index in [0.29, 0.717) is 29.8 Å². The van der Waals surface area contributed by atoms with Crippen molar-refractivity contribution in [2.24, 2.45) is 0 Å². The Morgan fingerprint density at radius 3 is 2.48 bits per heavy atom. The van der Waals surface area contributed by atoms with Crippen molar-refractivity contribution in [2.45, 2.75) is 30.7 Å². The summed E-state index contributed by atoms with van der Waals surface area (Å²) in [5.74, 6) is -0.271. The number of anilines is 2. The predicted molar refractivity (Wildman–Crippen MR) is 119 cm³/mol. The van der Waals surface area contributed by atoms with Crippen LogP contribution in [0.5, 0.6) is 0 Å². The number of amides is 1. The van der Waals surface area contributed by atoms with Crippen LogP contribution in [0.4, 0.5) is 11.4 Å². The number of nitrogens with zero attached hydrogens (tertiary/aromatic N) is 2. The number of hydrogen-bond donors (Lipinski definition) is 1. The zero-order chi connectivity index (χ0) is 22.0. The van der Waals surface area contributed by atoms with Crippen LogP contribution in [0.25, 0.3) is 0 Å².